The first-order valence-corrected chi connectivity index (χ1v) is 13.2. The minimum Gasteiger partial charge on any atom is -0.468 e. The Labute approximate surface area is 219 Å². The smallest absolute Gasteiger partial charge is 0.223 e. The lowest BCUT2D eigenvalue weighted by Gasteiger charge is -2.21. The van der Waals surface area contributed by atoms with Crippen molar-refractivity contribution in [3.05, 3.63) is 95.1 Å². The van der Waals surface area contributed by atoms with Crippen LogP contribution in [0.2, 0.25) is 0 Å². The SMILES string of the molecule is COCCN(CCNC(=O)[C@H]1C[C@@H]1c1cn(Cc2cc(C)ccc2C)c2ccccc12)Cc1ccco1. The summed E-state index contributed by atoms with van der Waals surface area (Å²) in [7, 11) is 1.71. The van der Waals surface area contributed by atoms with Gasteiger partial charge < -0.3 is 19.0 Å². The monoisotopic (exact) mass is 499 g/mol. The van der Waals surface area contributed by atoms with E-state index in [-0.39, 0.29) is 17.7 Å². The summed E-state index contributed by atoms with van der Waals surface area (Å²) in [4.78, 5) is 15.3. The molecule has 6 heteroatoms. The highest BCUT2D eigenvalue weighted by Gasteiger charge is 2.45. The fraction of sp³-hybridized carbons (Fsp3) is 0.387. The number of nitrogens with one attached hydrogen (secondary N) is 1. The molecule has 5 rings (SSSR count). The lowest BCUT2D eigenvalue weighted by molar-refractivity contribution is -0.122. The standard InChI is InChI=1S/C31H37N3O3/c1-22-10-11-23(2)24(17-22)19-34-21-29(26-8-4-5-9-30(26)34)27-18-28(27)31(35)32-12-13-33(14-16-36-3)20-25-7-6-15-37-25/h4-11,15,17,21,27-28H,12-14,16,18-20H2,1-3H3,(H,32,35)/t27-,28-/m0/s1. The summed E-state index contributed by atoms with van der Waals surface area (Å²) >= 11 is 0. The lowest BCUT2D eigenvalue weighted by Crippen LogP contribution is -2.36. The molecule has 4 aromatic rings. The van der Waals surface area contributed by atoms with Crippen LogP contribution in [-0.4, -0.2) is 48.7 Å². The lowest BCUT2D eigenvalue weighted by atomic mass is 10.1. The Hall–Kier alpha value is -3.35. The van der Waals surface area contributed by atoms with E-state index < -0.39 is 0 Å². The average molecular weight is 500 g/mol. The molecule has 1 N–H and O–H groups in total. The Morgan fingerprint density at radius 1 is 1.14 bits per heavy atom. The molecule has 0 spiro atoms. The number of rotatable bonds is 12. The third kappa shape index (κ3) is 5.97. The second-order valence-corrected chi connectivity index (χ2v) is 10.2. The van der Waals surface area contributed by atoms with Crippen molar-refractivity contribution >= 4 is 16.8 Å². The largest absolute Gasteiger partial charge is 0.468 e. The van der Waals surface area contributed by atoms with Gasteiger partial charge in [0.05, 0.1) is 19.4 Å². The summed E-state index contributed by atoms with van der Waals surface area (Å²) < 4.78 is 13.1. The van der Waals surface area contributed by atoms with Crippen molar-refractivity contribution in [3.8, 4) is 0 Å². The van der Waals surface area contributed by atoms with Gasteiger partial charge in [-0.05, 0) is 61.1 Å². The number of carbonyl (C=O) groups excluding carboxylic acids is 1. The van der Waals surface area contributed by atoms with E-state index in [1.807, 2.05) is 12.1 Å². The summed E-state index contributed by atoms with van der Waals surface area (Å²) in [6.07, 6.45) is 4.88. The highest BCUT2D eigenvalue weighted by atomic mass is 16.5. The fourth-order valence-electron chi connectivity index (χ4n) is 5.27. The second kappa shape index (κ2) is 11.4. The van der Waals surface area contributed by atoms with E-state index in [1.54, 1.807) is 13.4 Å². The van der Waals surface area contributed by atoms with E-state index in [2.05, 4.69) is 77.3 Å². The van der Waals surface area contributed by atoms with Crippen molar-refractivity contribution in [1.82, 2.24) is 14.8 Å². The Morgan fingerprint density at radius 2 is 2.00 bits per heavy atom. The number of hydrogen-bond donors (Lipinski definition) is 1. The first-order valence-electron chi connectivity index (χ1n) is 13.2. The van der Waals surface area contributed by atoms with Crippen molar-refractivity contribution in [2.75, 3.05) is 33.4 Å². The Morgan fingerprint density at radius 3 is 2.81 bits per heavy atom. The van der Waals surface area contributed by atoms with Crippen molar-refractivity contribution in [2.24, 2.45) is 5.92 Å². The van der Waals surface area contributed by atoms with Crippen LogP contribution in [0.3, 0.4) is 0 Å². The Bertz CT molecular complexity index is 1340. The molecule has 2 aromatic heterocycles. The third-order valence-electron chi connectivity index (χ3n) is 7.49. The molecule has 2 heterocycles. The maximum absolute atomic E-state index is 13.0. The third-order valence-corrected chi connectivity index (χ3v) is 7.49. The number of ether oxygens (including phenoxy) is 1. The number of benzene rings is 2. The van der Waals surface area contributed by atoms with Gasteiger partial charge in [0.15, 0.2) is 0 Å². The van der Waals surface area contributed by atoms with Crippen molar-refractivity contribution < 1.29 is 13.9 Å². The molecule has 37 heavy (non-hydrogen) atoms. The summed E-state index contributed by atoms with van der Waals surface area (Å²) in [6, 6.07) is 19.1. The first-order chi connectivity index (χ1) is 18.0. The van der Waals surface area contributed by atoms with Crippen LogP contribution >= 0.6 is 0 Å². The predicted molar refractivity (Wildman–Crippen MR) is 147 cm³/mol. The van der Waals surface area contributed by atoms with Gasteiger partial charge in [-0.3, -0.25) is 9.69 Å². The van der Waals surface area contributed by atoms with Gasteiger partial charge in [-0.2, -0.15) is 0 Å². The van der Waals surface area contributed by atoms with Crippen LogP contribution in [0, 0.1) is 19.8 Å². The van der Waals surface area contributed by atoms with Crippen LogP contribution in [0.25, 0.3) is 10.9 Å². The van der Waals surface area contributed by atoms with Crippen molar-refractivity contribution in [3.63, 3.8) is 0 Å². The molecule has 0 bridgehead atoms. The van der Waals surface area contributed by atoms with Crippen LogP contribution in [0.5, 0.6) is 0 Å². The van der Waals surface area contributed by atoms with Gasteiger partial charge in [0.25, 0.3) is 0 Å². The number of para-hydroxylation sites is 1. The molecular weight excluding hydrogens is 462 g/mol. The predicted octanol–water partition coefficient (Wildman–Crippen LogP) is 5.27. The highest BCUT2D eigenvalue weighted by Crippen LogP contribution is 2.50. The number of fused-ring (bicyclic) bond motifs is 1. The molecule has 1 amide bonds. The second-order valence-electron chi connectivity index (χ2n) is 10.2. The molecule has 2 atom stereocenters. The van der Waals surface area contributed by atoms with Gasteiger partial charge in [0, 0.05) is 56.3 Å². The average Bonchev–Trinajstić information content (AvgIpc) is 3.37. The van der Waals surface area contributed by atoms with E-state index in [0.29, 0.717) is 19.7 Å². The van der Waals surface area contributed by atoms with Crippen LogP contribution in [0.15, 0.2) is 71.5 Å². The summed E-state index contributed by atoms with van der Waals surface area (Å²) in [6.45, 7) is 8.66. The maximum Gasteiger partial charge on any atom is 0.223 e. The minimum absolute atomic E-state index is 0.0393. The topological polar surface area (TPSA) is 59.6 Å². The van der Waals surface area contributed by atoms with Gasteiger partial charge in [-0.1, -0.05) is 42.0 Å². The van der Waals surface area contributed by atoms with E-state index in [0.717, 1.165) is 31.8 Å². The van der Waals surface area contributed by atoms with Gasteiger partial charge in [0.1, 0.15) is 5.76 Å². The first kappa shape index (κ1) is 25.3. The van der Waals surface area contributed by atoms with E-state index in [9.17, 15) is 4.79 Å². The molecule has 2 aromatic carbocycles. The van der Waals surface area contributed by atoms with E-state index >= 15 is 0 Å². The minimum atomic E-state index is 0.0393. The molecule has 1 aliphatic rings. The number of hydrogen-bond acceptors (Lipinski definition) is 4. The molecular formula is C31H37N3O3. The summed E-state index contributed by atoms with van der Waals surface area (Å²) in [5.41, 5.74) is 6.45. The van der Waals surface area contributed by atoms with Crippen LogP contribution in [-0.2, 0) is 22.6 Å². The molecule has 0 aliphatic heterocycles. The molecule has 1 saturated carbocycles. The van der Waals surface area contributed by atoms with Crippen LogP contribution < -0.4 is 5.32 Å². The number of methoxy groups -OCH3 is 1. The van der Waals surface area contributed by atoms with Gasteiger partial charge in [0.2, 0.25) is 5.91 Å². The van der Waals surface area contributed by atoms with Gasteiger partial charge >= 0.3 is 0 Å². The Balaban J connectivity index is 1.22. The molecule has 1 aliphatic carbocycles. The highest BCUT2D eigenvalue weighted by molar-refractivity contribution is 5.89. The zero-order chi connectivity index (χ0) is 25.8. The molecule has 194 valence electrons. The number of aromatic nitrogens is 1. The molecule has 0 radical (unpaired) electrons. The normalized spacial score (nSPS) is 17.0. The van der Waals surface area contributed by atoms with Crippen LogP contribution in [0.4, 0.5) is 0 Å². The zero-order valence-corrected chi connectivity index (χ0v) is 22.1. The van der Waals surface area contributed by atoms with E-state index in [4.69, 9.17) is 9.15 Å². The molecule has 1 fully saturated rings. The number of amides is 1. The molecule has 0 saturated heterocycles. The number of aryl methyl sites for hydroxylation is 2. The Kier molecular flexibility index (Phi) is 7.77. The quantitative estimate of drug-likeness (QED) is 0.289. The van der Waals surface area contributed by atoms with E-state index in [1.165, 1.54) is 33.2 Å². The molecule has 6 nitrogen and oxygen atoms in total. The van der Waals surface area contributed by atoms with Crippen molar-refractivity contribution in [1.29, 1.82) is 0 Å². The van der Waals surface area contributed by atoms with Gasteiger partial charge in [-0.15, -0.1) is 0 Å². The van der Waals surface area contributed by atoms with Crippen molar-refractivity contribution in [2.45, 2.75) is 39.3 Å². The zero-order valence-electron chi connectivity index (χ0n) is 22.1. The summed E-state index contributed by atoms with van der Waals surface area (Å²) in [5, 5.41) is 4.44. The number of carbonyl (C=O) groups is 1. The van der Waals surface area contributed by atoms with Gasteiger partial charge in [-0.25, -0.2) is 0 Å². The number of furan rings is 1. The van der Waals surface area contributed by atoms with Crippen LogP contribution in [0.1, 0.15) is 40.4 Å². The summed E-state index contributed by atoms with van der Waals surface area (Å²) in [5.74, 6) is 1.39. The number of nitrogens with zero attached hydrogens (tertiary/aromatic N) is 2. The molecule has 0 unspecified atom stereocenters. The fourth-order valence-corrected chi connectivity index (χ4v) is 5.27. The maximum atomic E-state index is 13.0.